The fourth-order valence-electron chi connectivity index (χ4n) is 2.41. The molecule has 0 saturated carbocycles. The number of hydrogen-bond donors (Lipinski definition) is 0. The molecule has 0 unspecified atom stereocenters. The van der Waals surface area contributed by atoms with E-state index in [0.717, 1.165) is 0 Å². The maximum absolute atomic E-state index is 2.33. The van der Waals surface area contributed by atoms with Gasteiger partial charge >= 0.3 is 0 Å². The highest BCUT2D eigenvalue weighted by Gasteiger charge is 1.99. The molecule has 2 aromatic carbocycles. The fourth-order valence-corrected chi connectivity index (χ4v) is 2.41. The third kappa shape index (κ3) is 3.70. The van der Waals surface area contributed by atoms with Crippen molar-refractivity contribution >= 4 is 0 Å². The van der Waals surface area contributed by atoms with Gasteiger partial charge in [-0.05, 0) is 80.3 Å². The number of hydrogen-bond acceptors (Lipinski definition) is 0. The van der Waals surface area contributed by atoms with Gasteiger partial charge in [-0.25, -0.2) is 0 Å². The Morgan fingerprint density at radius 3 is 1.37 bits per heavy atom. The maximum atomic E-state index is 2.33. The molecule has 0 fully saturated rings. The van der Waals surface area contributed by atoms with Gasteiger partial charge in [0.2, 0.25) is 0 Å². The quantitative estimate of drug-likeness (QED) is 0.710. The van der Waals surface area contributed by atoms with Crippen molar-refractivity contribution in [3.63, 3.8) is 0 Å². The zero-order valence-corrected chi connectivity index (χ0v) is 12.6. The van der Waals surface area contributed by atoms with Crippen LogP contribution >= 0.6 is 0 Å². The molecule has 0 spiro atoms. The minimum absolute atomic E-state index is 1.17. The van der Waals surface area contributed by atoms with Gasteiger partial charge in [0, 0.05) is 0 Å². The summed E-state index contributed by atoms with van der Waals surface area (Å²) in [7, 11) is 0. The zero-order chi connectivity index (χ0) is 13.8. The van der Waals surface area contributed by atoms with E-state index in [9.17, 15) is 0 Å². The molecule has 0 heterocycles. The molecule has 0 heteroatoms. The fraction of sp³-hybridized carbons (Fsp3) is 0.368. The first-order chi connectivity index (χ1) is 9.06. The van der Waals surface area contributed by atoms with Gasteiger partial charge in [0.25, 0.3) is 0 Å². The summed E-state index contributed by atoms with van der Waals surface area (Å²) in [6, 6.07) is 13.7. The Kier molecular flexibility index (Phi) is 4.42. The average Bonchev–Trinajstić information content (AvgIpc) is 2.38. The third-order valence-corrected chi connectivity index (χ3v) is 4.07. The van der Waals surface area contributed by atoms with Crippen molar-refractivity contribution in [3.8, 4) is 0 Å². The Morgan fingerprint density at radius 1 is 0.579 bits per heavy atom. The second kappa shape index (κ2) is 6.06. The van der Waals surface area contributed by atoms with E-state index in [2.05, 4.69) is 64.1 Å². The highest BCUT2D eigenvalue weighted by Crippen LogP contribution is 2.15. The summed E-state index contributed by atoms with van der Waals surface area (Å²) in [4.78, 5) is 0. The van der Waals surface area contributed by atoms with E-state index < -0.39 is 0 Å². The SMILES string of the molecule is Cc1ccc(CCCc2ccc(C)c(C)c2)cc1C. The molecular weight excluding hydrogens is 228 g/mol. The average molecular weight is 252 g/mol. The molecule has 0 bridgehead atoms. The molecule has 0 aliphatic rings. The summed E-state index contributed by atoms with van der Waals surface area (Å²) in [5.74, 6) is 0. The highest BCUT2D eigenvalue weighted by molar-refractivity contribution is 5.31. The van der Waals surface area contributed by atoms with Crippen molar-refractivity contribution in [1.82, 2.24) is 0 Å². The Bertz CT molecular complexity index is 513. The van der Waals surface area contributed by atoms with Crippen LogP contribution in [0.25, 0.3) is 0 Å². The van der Waals surface area contributed by atoms with Crippen molar-refractivity contribution in [2.24, 2.45) is 0 Å². The Balaban J connectivity index is 1.92. The van der Waals surface area contributed by atoms with Crippen LogP contribution in [0.5, 0.6) is 0 Å². The molecule has 0 atom stereocenters. The summed E-state index contributed by atoms with van der Waals surface area (Å²) in [6.07, 6.45) is 3.58. The highest BCUT2D eigenvalue weighted by atomic mass is 14.1. The van der Waals surface area contributed by atoms with Crippen LogP contribution in [-0.4, -0.2) is 0 Å². The van der Waals surface area contributed by atoms with Crippen molar-refractivity contribution < 1.29 is 0 Å². The van der Waals surface area contributed by atoms with E-state index in [-0.39, 0.29) is 0 Å². The van der Waals surface area contributed by atoms with E-state index in [4.69, 9.17) is 0 Å². The Hall–Kier alpha value is -1.56. The molecule has 0 radical (unpaired) electrons. The van der Waals surface area contributed by atoms with Crippen LogP contribution in [0.1, 0.15) is 39.8 Å². The predicted octanol–water partition coefficient (Wildman–Crippen LogP) is 5.10. The molecule has 0 aromatic heterocycles. The summed E-state index contributed by atoms with van der Waals surface area (Å²) in [5, 5.41) is 0. The number of rotatable bonds is 4. The molecule has 2 rings (SSSR count). The molecule has 100 valence electrons. The van der Waals surface area contributed by atoms with E-state index in [1.165, 1.54) is 52.6 Å². The number of aryl methyl sites for hydroxylation is 6. The van der Waals surface area contributed by atoms with Gasteiger partial charge in [0.05, 0.1) is 0 Å². The van der Waals surface area contributed by atoms with Gasteiger partial charge in [0.15, 0.2) is 0 Å². The zero-order valence-electron chi connectivity index (χ0n) is 12.6. The van der Waals surface area contributed by atoms with Crippen molar-refractivity contribution in [1.29, 1.82) is 0 Å². The molecule has 0 nitrogen and oxygen atoms in total. The Morgan fingerprint density at radius 2 is 1.00 bits per heavy atom. The van der Waals surface area contributed by atoms with Gasteiger partial charge in [-0.1, -0.05) is 36.4 Å². The topological polar surface area (TPSA) is 0 Å². The first-order valence-corrected chi connectivity index (χ1v) is 7.18. The molecule has 0 saturated heterocycles. The molecule has 0 N–H and O–H groups in total. The minimum Gasteiger partial charge on any atom is -0.0588 e. The van der Waals surface area contributed by atoms with Crippen molar-refractivity contribution in [2.75, 3.05) is 0 Å². The maximum Gasteiger partial charge on any atom is -0.0276 e. The van der Waals surface area contributed by atoms with Gasteiger partial charge in [-0.3, -0.25) is 0 Å². The van der Waals surface area contributed by atoms with E-state index >= 15 is 0 Å². The second-order valence-electron chi connectivity index (χ2n) is 5.69. The van der Waals surface area contributed by atoms with Crippen molar-refractivity contribution in [3.05, 3.63) is 69.8 Å². The Labute approximate surface area is 117 Å². The van der Waals surface area contributed by atoms with E-state index in [1.807, 2.05) is 0 Å². The lowest BCUT2D eigenvalue weighted by Crippen LogP contribution is -1.93. The van der Waals surface area contributed by atoms with Crippen LogP contribution in [0.2, 0.25) is 0 Å². The largest absolute Gasteiger partial charge is 0.0588 e. The van der Waals surface area contributed by atoms with Crippen LogP contribution in [0.3, 0.4) is 0 Å². The van der Waals surface area contributed by atoms with Gasteiger partial charge < -0.3 is 0 Å². The monoisotopic (exact) mass is 252 g/mol. The predicted molar refractivity (Wildman–Crippen MR) is 83.9 cm³/mol. The van der Waals surface area contributed by atoms with Crippen LogP contribution < -0.4 is 0 Å². The first-order valence-electron chi connectivity index (χ1n) is 7.18. The summed E-state index contributed by atoms with van der Waals surface area (Å²) >= 11 is 0. The van der Waals surface area contributed by atoms with Crippen molar-refractivity contribution in [2.45, 2.75) is 47.0 Å². The van der Waals surface area contributed by atoms with Gasteiger partial charge in [-0.15, -0.1) is 0 Å². The molecule has 19 heavy (non-hydrogen) atoms. The molecule has 0 aliphatic carbocycles. The van der Waals surface area contributed by atoms with Crippen LogP contribution in [0.4, 0.5) is 0 Å². The smallest absolute Gasteiger partial charge is 0.0276 e. The van der Waals surface area contributed by atoms with Gasteiger partial charge in [-0.2, -0.15) is 0 Å². The molecular formula is C19H24. The minimum atomic E-state index is 1.17. The lowest BCUT2D eigenvalue weighted by molar-refractivity contribution is 0.818. The normalized spacial score (nSPS) is 10.7. The number of benzene rings is 2. The standard InChI is InChI=1S/C19H24/c1-14-8-10-18(12-16(14)3)6-5-7-19-11-9-15(2)17(4)13-19/h8-13H,5-7H2,1-4H3. The molecule has 0 amide bonds. The third-order valence-electron chi connectivity index (χ3n) is 4.07. The lowest BCUT2D eigenvalue weighted by atomic mass is 9.99. The van der Waals surface area contributed by atoms with Crippen LogP contribution in [0, 0.1) is 27.7 Å². The lowest BCUT2D eigenvalue weighted by Gasteiger charge is -2.07. The van der Waals surface area contributed by atoms with E-state index in [0.29, 0.717) is 0 Å². The molecule has 0 aliphatic heterocycles. The summed E-state index contributed by atoms with van der Waals surface area (Å²) < 4.78 is 0. The van der Waals surface area contributed by atoms with Crippen LogP contribution in [-0.2, 0) is 12.8 Å². The first kappa shape index (κ1) is 13.9. The summed E-state index contributed by atoms with van der Waals surface area (Å²) in [6.45, 7) is 8.74. The van der Waals surface area contributed by atoms with Gasteiger partial charge in [0.1, 0.15) is 0 Å². The summed E-state index contributed by atoms with van der Waals surface area (Å²) in [5.41, 5.74) is 8.52. The van der Waals surface area contributed by atoms with Crippen LogP contribution in [0.15, 0.2) is 36.4 Å². The molecule has 2 aromatic rings. The second-order valence-corrected chi connectivity index (χ2v) is 5.69. The van der Waals surface area contributed by atoms with E-state index in [1.54, 1.807) is 0 Å².